The van der Waals surface area contributed by atoms with Crippen LogP contribution in [0.4, 0.5) is 13.2 Å². The van der Waals surface area contributed by atoms with Gasteiger partial charge in [-0.05, 0) is 37.8 Å². The normalized spacial score (nSPS) is 27.1. The smallest absolute Gasteiger partial charge is 0.311 e. The van der Waals surface area contributed by atoms with Gasteiger partial charge < -0.3 is 5.32 Å². The molecule has 3 rings (SSSR count). The third-order valence-corrected chi connectivity index (χ3v) is 6.78. The van der Waals surface area contributed by atoms with Gasteiger partial charge in [-0.15, -0.1) is 12.4 Å². The van der Waals surface area contributed by atoms with Crippen LogP contribution in [-0.4, -0.2) is 37.9 Å². The lowest BCUT2D eigenvalue weighted by molar-refractivity contribution is -0.139. The topological polar surface area (TPSA) is 49.4 Å². The highest BCUT2D eigenvalue weighted by Gasteiger charge is 2.42. The second-order valence-corrected chi connectivity index (χ2v) is 8.24. The maximum Gasteiger partial charge on any atom is 0.417 e. The third kappa shape index (κ3) is 3.56. The van der Waals surface area contributed by atoms with Gasteiger partial charge in [-0.1, -0.05) is 12.1 Å². The zero-order valence-electron chi connectivity index (χ0n) is 13.1. The lowest BCUT2D eigenvalue weighted by Crippen LogP contribution is -2.48. The molecule has 2 bridgehead atoms. The largest absolute Gasteiger partial charge is 0.417 e. The number of benzene rings is 1. The van der Waals surface area contributed by atoms with Gasteiger partial charge in [0.25, 0.3) is 0 Å². The van der Waals surface area contributed by atoms with Gasteiger partial charge in [0, 0.05) is 25.2 Å². The van der Waals surface area contributed by atoms with E-state index >= 15 is 0 Å². The van der Waals surface area contributed by atoms with Crippen LogP contribution in [0.1, 0.15) is 31.2 Å². The second-order valence-electron chi connectivity index (χ2n) is 6.28. The molecule has 9 heteroatoms. The minimum atomic E-state index is -4.70. The standard InChI is InChI=1S/C15H19F3N2O2S.ClH/c1-20(12-8-10-6-7-11(9-12)19-10)23(21,22)14-5-3-2-4-13(14)15(16,17)18;/h2-5,10-12,19H,6-9H2,1H3;1H. The second kappa shape index (κ2) is 6.82. The molecule has 2 aliphatic rings. The Kier molecular flexibility index (Phi) is 5.54. The van der Waals surface area contributed by atoms with E-state index in [0.29, 0.717) is 12.8 Å². The molecule has 2 saturated heterocycles. The first-order chi connectivity index (χ1) is 10.7. The Morgan fingerprint density at radius 2 is 1.67 bits per heavy atom. The van der Waals surface area contributed by atoms with Crippen LogP contribution in [0.3, 0.4) is 0 Å². The summed E-state index contributed by atoms with van der Waals surface area (Å²) in [6, 6.07) is 4.62. The first kappa shape index (κ1) is 19.5. The van der Waals surface area contributed by atoms with E-state index in [0.717, 1.165) is 29.3 Å². The van der Waals surface area contributed by atoms with Gasteiger partial charge >= 0.3 is 6.18 Å². The Hall–Kier alpha value is -0.830. The Labute approximate surface area is 145 Å². The van der Waals surface area contributed by atoms with Gasteiger partial charge in [-0.3, -0.25) is 0 Å². The predicted octanol–water partition coefficient (Wildman–Crippen LogP) is 3.03. The van der Waals surface area contributed by atoms with E-state index in [9.17, 15) is 21.6 Å². The van der Waals surface area contributed by atoms with E-state index in [1.54, 1.807) is 0 Å². The summed E-state index contributed by atoms with van der Waals surface area (Å²) in [6.45, 7) is 0. The van der Waals surface area contributed by atoms with Gasteiger partial charge in [0.1, 0.15) is 0 Å². The van der Waals surface area contributed by atoms with E-state index in [1.165, 1.54) is 19.2 Å². The lowest BCUT2D eigenvalue weighted by atomic mass is 10.0. The Morgan fingerprint density at radius 1 is 1.12 bits per heavy atom. The summed E-state index contributed by atoms with van der Waals surface area (Å²) in [4.78, 5) is -0.666. The molecule has 136 valence electrons. The van der Waals surface area contributed by atoms with Crippen LogP contribution >= 0.6 is 12.4 Å². The molecule has 2 atom stereocenters. The Morgan fingerprint density at radius 3 is 2.21 bits per heavy atom. The fourth-order valence-corrected chi connectivity index (χ4v) is 5.19. The average molecular weight is 385 g/mol. The molecule has 1 aromatic carbocycles. The summed E-state index contributed by atoms with van der Waals surface area (Å²) in [6.07, 6.45) is -1.43. The molecule has 0 aromatic heterocycles. The molecule has 0 amide bonds. The van der Waals surface area contributed by atoms with Crippen LogP contribution in [0, 0.1) is 0 Å². The minimum Gasteiger partial charge on any atom is -0.311 e. The van der Waals surface area contributed by atoms with Gasteiger partial charge in [-0.2, -0.15) is 17.5 Å². The van der Waals surface area contributed by atoms with Crippen LogP contribution in [0.5, 0.6) is 0 Å². The maximum atomic E-state index is 13.1. The molecular weight excluding hydrogens is 365 g/mol. The van der Waals surface area contributed by atoms with Gasteiger partial charge in [-0.25, -0.2) is 8.42 Å². The van der Waals surface area contributed by atoms with Crippen molar-refractivity contribution >= 4 is 22.4 Å². The van der Waals surface area contributed by atoms with Crippen LogP contribution in [-0.2, 0) is 16.2 Å². The number of nitrogens with zero attached hydrogens (tertiary/aromatic N) is 1. The van der Waals surface area contributed by atoms with Crippen LogP contribution in [0.2, 0.25) is 0 Å². The summed E-state index contributed by atoms with van der Waals surface area (Å²) >= 11 is 0. The van der Waals surface area contributed by atoms with Crippen molar-refractivity contribution in [2.24, 2.45) is 0 Å². The number of nitrogens with one attached hydrogen (secondary N) is 1. The quantitative estimate of drug-likeness (QED) is 0.871. The van der Waals surface area contributed by atoms with Crippen molar-refractivity contribution in [2.45, 2.75) is 54.9 Å². The molecule has 2 heterocycles. The zero-order chi connectivity index (χ0) is 16.8. The highest BCUT2D eigenvalue weighted by molar-refractivity contribution is 7.89. The van der Waals surface area contributed by atoms with E-state index < -0.39 is 26.7 Å². The van der Waals surface area contributed by atoms with Gasteiger partial charge in [0.05, 0.1) is 10.5 Å². The number of hydrogen-bond acceptors (Lipinski definition) is 3. The van der Waals surface area contributed by atoms with E-state index in [2.05, 4.69) is 5.32 Å². The first-order valence-electron chi connectivity index (χ1n) is 7.60. The lowest BCUT2D eigenvalue weighted by Gasteiger charge is -2.35. The predicted molar refractivity (Wildman–Crippen MR) is 86.6 cm³/mol. The van der Waals surface area contributed by atoms with Gasteiger partial charge in [0.15, 0.2) is 0 Å². The van der Waals surface area contributed by atoms with E-state index in [4.69, 9.17) is 0 Å². The first-order valence-corrected chi connectivity index (χ1v) is 9.04. The van der Waals surface area contributed by atoms with Crippen molar-refractivity contribution < 1.29 is 21.6 Å². The zero-order valence-corrected chi connectivity index (χ0v) is 14.7. The summed E-state index contributed by atoms with van der Waals surface area (Å²) in [5.74, 6) is 0. The number of halogens is 4. The Bertz CT molecular complexity index is 684. The molecule has 1 N–H and O–H groups in total. The monoisotopic (exact) mass is 384 g/mol. The van der Waals surface area contributed by atoms with Gasteiger partial charge in [0.2, 0.25) is 10.0 Å². The van der Waals surface area contributed by atoms with Crippen molar-refractivity contribution in [1.29, 1.82) is 0 Å². The number of fused-ring (bicyclic) bond motifs is 2. The van der Waals surface area contributed by atoms with E-state index in [-0.39, 0.29) is 30.5 Å². The molecule has 0 spiro atoms. The van der Waals surface area contributed by atoms with Crippen molar-refractivity contribution in [3.63, 3.8) is 0 Å². The van der Waals surface area contributed by atoms with E-state index in [1.807, 2.05) is 0 Å². The molecule has 4 nitrogen and oxygen atoms in total. The van der Waals surface area contributed by atoms with Crippen molar-refractivity contribution in [1.82, 2.24) is 9.62 Å². The summed E-state index contributed by atoms with van der Waals surface area (Å²) in [5.41, 5.74) is -1.11. The highest BCUT2D eigenvalue weighted by atomic mass is 35.5. The number of alkyl halides is 3. The SMILES string of the molecule is CN(C1CC2CCC(C1)N2)S(=O)(=O)c1ccccc1C(F)(F)F.Cl. The van der Waals surface area contributed by atoms with Crippen molar-refractivity contribution in [3.05, 3.63) is 29.8 Å². The molecule has 24 heavy (non-hydrogen) atoms. The Balaban J connectivity index is 0.00000208. The molecule has 0 aliphatic carbocycles. The molecule has 0 radical (unpaired) electrons. The van der Waals surface area contributed by atoms with Crippen LogP contribution < -0.4 is 5.32 Å². The minimum absolute atomic E-state index is 0. The molecule has 2 unspecified atom stereocenters. The summed E-state index contributed by atoms with van der Waals surface area (Å²) in [5, 5.41) is 3.40. The number of sulfonamides is 1. The molecule has 2 fully saturated rings. The van der Waals surface area contributed by atoms with Crippen molar-refractivity contribution in [3.8, 4) is 0 Å². The van der Waals surface area contributed by atoms with Crippen LogP contribution in [0.15, 0.2) is 29.2 Å². The third-order valence-electron chi connectivity index (χ3n) is 4.81. The molecule has 1 aromatic rings. The van der Waals surface area contributed by atoms with Crippen molar-refractivity contribution in [2.75, 3.05) is 7.05 Å². The molecule has 0 saturated carbocycles. The van der Waals surface area contributed by atoms with Crippen LogP contribution in [0.25, 0.3) is 0 Å². The molecular formula is C15H20ClF3N2O2S. The summed E-state index contributed by atoms with van der Waals surface area (Å²) < 4.78 is 66.0. The molecule has 2 aliphatic heterocycles. The number of piperidine rings is 1. The highest BCUT2D eigenvalue weighted by Crippen LogP contribution is 2.37. The summed E-state index contributed by atoms with van der Waals surface area (Å²) in [7, 11) is -2.80. The fourth-order valence-electron chi connectivity index (χ4n) is 3.60. The number of hydrogen-bond donors (Lipinski definition) is 1. The fraction of sp³-hybridized carbons (Fsp3) is 0.600. The maximum absolute atomic E-state index is 13.1. The number of rotatable bonds is 3. The average Bonchev–Trinajstić information content (AvgIpc) is 2.84.